The molecule has 2 aliphatic heterocycles. The maximum atomic E-state index is 12.9. The first-order valence-electron chi connectivity index (χ1n) is 7.02. The van der Waals surface area contributed by atoms with Gasteiger partial charge in [0.05, 0.1) is 18.2 Å². The van der Waals surface area contributed by atoms with Crippen LogP contribution in [-0.4, -0.2) is 41.4 Å². The lowest BCUT2D eigenvalue weighted by atomic mass is 9.75. The lowest BCUT2D eigenvalue weighted by Crippen LogP contribution is -2.44. The number of ether oxygens (including phenoxy) is 1. The summed E-state index contributed by atoms with van der Waals surface area (Å²) in [7, 11) is 0. The molecular weight excluding hydrogens is 275 g/mol. The molecule has 0 aromatic carbocycles. The maximum absolute atomic E-state index is 12.9. The van der Waals surface area contributed by atoms with E-state index < -0.39 is 0 Å². The molecule has 0 radical (unpaired) electrons. The molecule has 0 amide bonds. The van der Waals surface area contributed by atoms with Gasteiger partial charge in [-0.05, 0) is 31.0 Å². The average molecular weight is 290 g/mol. The lowest BCUT2D eigenvalue weighted by molar-refractivity contribution is 0.00198. The number of halogens is 1. The van der Waals surface area contributed by atoms with E-state index in [4.69, 9.17) is 9.26 Å². The van der Waals surface area contributed by atoms with Crippen molar-refractivity contribution in [2.45, 2.75) is 11.8 Å². The van der Waals surface area contributed by atoms with Crippen molar-refractivity contribution in [1.82, 2.24) is 20.4 Å². The highest BCUT2D eigenvalue weighted by Crippen LogP contribution is 2.40. The Morgan fingerprint density at radius 3 is 3.19 bits per heavy atom. The van der Waals surface area contributed by atoms with Crippen molar-refractivity contribution in [2.24, 2.45) is 5.92 Å². The van der Waals surface area contributed by atoms with Crippen LogP contribution in [0.15, 0.2) is 22.9 Å². The van der Waals surface area contributed by atoms with Crippen LogP contribution in [0.2, 0.25) is 0 Å². The highest BCUT2D eigenvalue weighted by molar-refractivity contribution is 5.47. The topological polar surface area (TPSA) is 73.1 Å². The summed E-state index contributed by atoms with van der Waals surface area (Å²) < 4.78 is 24.0. The molecule has 0 unspecified atom stereocenters. The van der Waals surface area contributed by atoms with Crippen molar-refractivity contribution >= 4 is 0 Å². The molecular formula is C14H15FN4O2. The summed E-state index contributed by atoms with van der Waals surface area (Å²) in [4.78, 5) is 8.47. The molecule has 4 heterocycles. The molecule has 2 fully saturated rings. The molecule has 2 aliphatic rings. The van der Waals surface area contributed by atoms with Gasteiger partial charge in [0.1, 0.15) is 11.5 Å². The van der Waals surface area contributed by atoms with Gasteiger partial charge in [-0.25, -0.2) is 9.37 Å². The van der Waals surface area contributed by atoms with Gasteiger partial charge in [-0.1, -0.05) is 5.16 Å². The normalized spacial score (nSPS) is 28.5. The molecule has 7 heteroatoms. The third-order valence-corrected chi connectivity index (χ3v) is 4.39. The minimum atomic E-state index is -0.387. The van der Waals surface area contributed by atoms with Crippen LogP contribution in [0, 0.1) is 11.7 Å². The van der Waals surface area contributed by atoms with Gasteiger partial charge >= 0.3 is 0 Å². The highest BCUT2D eigenvalue weighted by atomic mass is 19.1. The highest BCUT2D eigenvalue weighted by Gasteiger charge is 2.50. The predicted octanol–water partition coefficient (Wildman–Crippen LogP) is 1.15. The summed E-state index contributed by atoms with van der Waals surface area (Å²) in [6.07, 6.45) is 2.13. The van der Waals surface area contributed by atoms with E-state index in [9.17, 15) is 4.39 Å². The smallest absolute Gasteiger partial charge is 0.237 e. The van der Waals surface area contributed by atoms with Crippen molar-refractivity contribution in [2.75, 3.05) is 26.3 Å². The third-order valence-electron chi connectivity index (χ3n) is 4.39. The van der Waals surface area contributed by atoms with Gasteiger partial charge in [0.2, 0.25) is 11.7 Å². The average Bonchev–Trinajstić information content (AvgIpc) is 3.15. The van der Waals surface area contributed by atoms with E-state index in [2.05, 4.69) is 20.4 Å². The van der Waals surface area contributed by atoms with Gasteiger partial charge in [-0.15, -0.1) is 0 Å². The molecule has 4 rings (SSSR count). The molecule has 1 N–H and O–H groups in total. The number of nitrogens with one attached hydrogen (secondary N) is 1. The van der Waals surface area contributed by atoms with Crippen molar-refractivity contribution in [3.63, 3.8) is 0 Å². The Bertz CT molecular complexity index is 645. The van der Waals surface area contributed by atoms with Gasteiger partial charge in [0.15, 0.2) is 0 Å². The van der Waals surface area contributed by atoms with Gasteiger partial charge in [0, 0.05) is 13.2 Å². The quantitative estimate of drug-likeness (QED) is 0.894. The summed E-state index contributed by atoms with van der Waals surface area (Å²) in [5, 5.41) is 7.38. The van der Waals surface area contributed by atoms with E-state index in [1.807, 2.05) is 0 Å². The first kappa shape index (κ1) is 12.8. The molecule has 110 valence electrons. The number of aromatic nitrogens is 3. The summed E-state index contributed by atoms with van der Waals surface area (Å²) in [6, 6.07) is 2.88. The number of hydrogen-bond donors (Lipinski definition) is 1. The molecule has 2 saturated heterocycles. The van der Waals surface area contributed by atoms with E-state index in [1.54, 1.807) is 6.07 Å². The molecule has 0 bridgehead atoms. The minimum Gasteiger partial charge on any atom is -0.380 e. The second-order valence-corrected chi connectivity index (χ2v) is 5.61. The van der Waals surface area contributed by atoms with Crippen molar-refractivity contribution in [1.29, 1.82) is 0 Å². The fraction of sp³-hybridized carbons (Fsp3) is 0.500. The Hall–Kier alpha value is -1.86. The van der Waals surface area contributed by atoms with Crippen LogP contribution in [0.25, 0.3) is 11.5 Å². The largest absolute Gasteiger partial charge is 0.380 e. The second kappa shape index (κ2) is 4.85. The van der Waals surface area contributed by atoms with E-state index in [0.717, 1.165) is 32.3 Å². The molecule has 2 atom stereocenters. The molecule has 2 aromatic heterocycles. The number of fused-ring (bicyclic) bond motifs is 1. The third kappa shape index (κ3) is 2.04. The van der Waals surface area contributed by atoms with Crippen molar-refractivity contribution < 1.29 is 13.7 Å². The van der Waals surface area contributed by atoms with Crippen LogP contribution in [0.3, 0.4) is 0 Å². The molecule has 6 nitrogen and oxygen atoms in total. The summed E-state index contributed by atoms with van der Waals surface area (Å²) in [5.41, 5.74) is 0.255. The predicted molar refractivity (Wildman–Crippen MR) is 71.0 cm³/mol. The fourth-order valence-corrected chi connectivity index (χ4v) is 3.19. The summed E-state index contributed by atoms with van der Waals surface area (Å²) in [6.45, 7) is 3.07. The van der Waals surface area contributed by atoms with E-state index >= 15 is 0 Å². The molecule has 0 spiro atoms. The van der Waals surface area contributed by atoms with Crippen LogP contribution in [0.5, 0.6) is 0 Å². The Morgan fingerprint density at radius 1 is 1.38 bits per heavy atom. The van der Waals surface area contributed by atoms with E-state index in [0.29, 0.717) is 29.9 Å². The maximum Gasteiger partial charge on any atom is 0.237 e. The standard InChI is InChI=1S/C14H15FN4O2/c15-10-1-2-11(17-6-10)12-18-13(21-19-12)14-7-16-5-9(14)3-4-20-8-14/h1-2,6,9,16H,3-5,7-8H2/t9-,14+/m1/s1. The number of pyridine rings is 1. The minimum absolute atomic E-state index is 0.246. The number of nitrogens with zero attached hydrogens (tertiary/aromatic N) is 3. The van der Waals surface area contributed by atoms with Crippen molar-refractivity contribution in [3.8, 4) is 11.5 Å². The number of rotatable bonds is 2. The first-order valence-corrected chi connectivity index (χ1v) is 7.02. The number of hydrogen-bond acceptors (Lipinski definition) is 6. The molecule has 2 aromatic rings. The fourth-order valence-electron chi connectivity index (χ4n) is 3.19. The monoisotopic (exact) mass is 290 g/mol. The van der Waals surface area contributed by atoms with Gasteiger partial charge < -0.3 is 14.6 Å². The van der Waals surface area contributed by atoms with Crippen LogP contribution in [-0.2, 0) is 10.2 Å². The van der Waals surface area contributed by atoms with Crippen LogP contribution >= 0.6 is 0 Å². The summed E-state index contributed by atoms with van der Waals surface area (Å²) in [5.74, 6) is 1.02. The van der Waals surface area contributed by atoms with Gasteiger partial charge in [0.25, 0.3) is 0 Å². The van der Waals surface area contributed by atoms with Gasteiger partial charge in [-0.2, -0.15) is 4.98 Å². The SMILES string of the molecule is Fc1ccc(-c2noc([C@]34CNC[C@H]3CCOC4)n2)nc1. The van der Waals surface area contributed by atoms with Crippen LogP contribution < -0.4 is 5.32 Å². The van der Waals surface area contributed by atoms with Crippen LogP contribution in [0.1, 0.15) is 12.3 Å². The second-order valence-electron chi connectivity index (χ2n) is 5.61. The Balaban J connectivity index is 1.69. The van der Waals surface area contributed by atoms with E-state index in [1.165, 1.54) is 6.07 Å². The molecule has 0 aliphatic carbocycles. The van der Waals surface area contributed by atoms with Gasteiger partial charge in [-0.3, -0.25) is 0 Å². The summed E-state index contributed by atoms with van der Waals surface area (Å²) >= 11 is 0. The lowest BCUT2D eigenvalue weighted by Gasteiger charge is -2.34. The zero-order chi connectivity index (χ0) is 14.3. The van der Waals surface area contributed by atoms with Crippen LogP contribution in [0.4, 0.5) is 4.39 Å². The van der Waals surface area contributed by atoms with E-state index in [-0.39, 0.29) is 11.2 Å². The Labute approximate surface area is 120 Å². The zero-order valence-corrected chi connectivity index (χ0v) is 11.4. The zero-order valence-electron chi connectivity index (χ0n) is 11.4. The Kier molecular flexibility index (Phi) is 2.97. The molecule has 21 heavy (non-hydrogen) atoms. The Morgan fingerprint density at radius 2 is 2.33 bits per heavy atom. The first-order chi connectivity index (χ1) is 10.3. The van der Waals surface area contributed by atoms with Crippen molar-refractivity contribution in [3.05, 3.63) is 30.0 Å². The molecule has 0 saturated carbocycles.